The molecule has 0 bridgehead atoms. The number of carbonyl (C=O) groups is 3. The lowest BCUT2D eigenvalue weighted by Gasteiger charge is -2.37. The quantitative estimate of drug-likeness (QED) is 0.667. The van der Waals surface area contributed by atoms with Gasteiger partial charge in [-0.15, -0.1) is 0 Å². The lowest BCUT2D eigenvalue weighted by atomic mass is 9.94. The van der Waals surface area contributed by atoms with Crippen molar-refractivity contribution in [2.45, 2.75) is 75.9 Å². The SMILES string of the molecule is NC(CC1CCCCN1Cc1cccc2c1C(=O)N(C1CCC(=O)NC1=O)C2)C(F)(F)F. The van der Waals surface area contributed by atoms with Crippen LogP contribution in [-0.4, -0.2) is 58.4 Å². The lowest BCUT2D eigenvalue weighted by molar-refractivity contribution is -0.152. The number of piperidine rings is 2. The second kappa shape index (κ2) is 8.82. The highest BCUT2D eigenvalue weighted by Crippen LogP contribution is 2.33. The number of carbonyl (C=O) groups excluding carboxylic acids is 3. The van der Waals surface area contributed by atoms with E-state index in [0.717, 1.165) is 24.0 Å². The second-order valence-electron chi connectivity index (χ2n) is 8.86. The Morgan fingerprint density at radius 3 is 2.66 bits per heavy atom. The molecule has 0 aromatic heterocycles. The molecule has 0 saturated carbocycles. The number of imide groups is 1. The first kappa shape index (κ1) is 22.7. The molecule has 0 aliphatic carbocycles. The summed E-state index contributed by atoms with van der Waals surface area (Å²) in [6.07, 6.45) is -1.79. The molecule has 1 aromatic carbocycles. The number of alkyl halides is 3. The van der Waals surface area contributed by atoms with E-state index in [-0.39, 0.29) is 43.7 Å². The van der Waals surface area contributed by atoms with Crippen molar-refractivity contribution in [3.8, 4) is 0 Å². The van der Waals surface area contributed by atoms with Gasteiger partial charge in [-0.1, -0.05) is 24.6 Å². The average Bonchev–Trinajstić information content (AvgIpc) is 3.06. The van der Waals surface area contributed by atoms with Gasteiger partial charge in [-0.05, 0) is 43.4 Å². The van der Waals surface area contributed by atoms with E-state index in [0.29, 0.717) is 25.1 Å². The molecule has 3 heterocycles. The van der Waals surface area contributed by atoms with E-state index < -0.39 is 24.2 Å². The Labute approximate surface area is 184 Å². The van der Waals surface area contributed by atoms with Gasteiger partial charge in [-0.3, -0.25) is 24.6 Å². The molecule has 10 heteroatoms. The third kappa shape index (κ3) is 4.52. The number of hydrogen-bond acceptors (Lipinski definition) is 5. The van der Waals surface area contributed by atoms with Crippen molar-refractivity contribution in [2.24, 2.45) is 5.73 Å². The summed E-state index contributed by atoms with van der Waals surface area (Å²) in [4.78, 5) is 40.5. The van der Waals surface area contributed by atoms with Crippen LogP contribution < -0.4 is 11.1 Å². The van der Waals surface area contributed by atoms with Crippen molar-refractivity contribution in [1.29, 1.82) is 0 Å². The van der Waals surface area contributed by atoms with Crippen LogP contribution in [0.15, 0.2) is 18.2 Å². The number of nitrogens with zero attached hydrogens (tertiary/aromatic N) is 2. The van der Waals surface area contributed by atoms with Crippen LogP contribution in [0.4, 0.5) is 13.2 Å². The average molecular weight is 452 g/mol. The molecular weight excluding hydrogens is 425 g/mol. The number of rotatable bonds is 5. The Balaban J connectivity index is 1.52. The minimum absolute atomic E-state index is 0.172. The highest BCUT2D eigenvalue weighted by Gasteiger charge is 2.42. The van der Waals surface area contributed by atoms with Crippen LogP contribution in [-0.2, 0) is 22.7 Å². The van der Waals surface area contributed by atoms with E-state index in [1.807, 2.05) is 23.1 Å². The van der Waals surface area contributed by atoms with E-state index in [1.54, 1.807) is 0 Å². The zero-order valence-corrected chi connectivity index (χ0v) is 17.7. The summed E-state index contributed by atoms with van der Waals surface area (Å²) in [6, 6.07) is 2.59. The van der Waals surface area contributed by atoms with Gasteiger partial charge >= 0.3 is 6.18 Å². The number of benzene rings is 1. The molecule has 1 aromatic rings. The number of hydrogen-bond donors (Lipinski definition) is 2. The summed E-state index contributed by atoms with van der Waals surface area (Å²) < 4.78 is 39.1. The van der Waals surface area contributed by atoms with E-state index in [4.69, 9.17) is 5.73 Å². The maximum absolute atomic E-state index is 13.3. The molecule has 3 atom stereocenters. The largest absolute Gasteiger partial charge is 0.403 e. The number of amides is 3. The molecule has 4 rings (SSSR count). The Bertz CT molecular complexity index is 920. The fourth-order valence-corrected chi connectivity index (χ4v) is 5.00. The molecule has 3 unspecified atom stereocenters. The van der Waals surface area contributed by atoms with Crippen LogP contribution in [0.25, 0.3) is 0 Å². The van der Waals surface area contributed by atoms with Crippen molar-refractivity contribution in [3.05, 3.63) is 34.9 Å². The molecule has 0 radical (unpaired) electrons. The van der Waals surface area contributed by atoms with Crippen molar-refractivity contribution in [2.75, 3.05) is 6.54 Å². The van der Waals surface area contributed by atoms with E-state index in [9.17, 15) is 27.6 Å². The van der Waals surface area contributed by atoms with Gasteiger partial charge in [0.1, 0.15) is 12.1 Å². The molecule has 3 amide bonds. The van der Waals surface area contributed by atoms with Gasteiger partial charge in [-0.25, -0.2) is 0 Å². The zero-order valence-electron chi connectivity index (χ0n) is 17.7. The van der Waals surface area contributed by atoms with Gasteiger partial charge in [0.2, 0.25) is 11.8 Å². The maximum atomic E-state index is 13.3. The Morgan fingerprint density at radius 2 is 1.94 bits per heavy atom. The summed E-state index contributed by atoms with van der Waals surface area (Å²) in [6.45, 7) is 1.27. The highest BCUT2D eigenvalue weighted by molar-refractivity contribution is 6.05. The third-order valence-electron chi connectivity index (χ3n) is 6.71. The summed E-state index contributed by atoms with van der Waals surface area (Å²) in [7, 11) is 0. The van der Waals surface area contributed by atoms with Gasteiger partial charge in [0.05, 0.1) is 0 Å². The lowest BCUT2D eigenvalue weighted by Crippen LogP contribution is -2.52. The molecule has 0 spiro atoms. The predicted molar refractivity (Wildman–Crippen MR) is 109 cm³/mol. The molecular formula is C22H27F3N4O3. The molecule has 32 heavy (non-hydrogen) atoms. The minimum Gasteiger partial charge on any atom is -0.322 e. The van der Waals surface area contributed by atoms with Gasteiger partial charge < -0.3 is 10.6 Å². The number of halogens is 3. The van der Waals surface area contributed by atoms with E-state index in [2.05, 4.69) is 5.32 Å². The first-order valence-corrected chi connectivity index (χ1v) is 11.0. The van der Waals surface area contributed by atoms with Crippen LogP contribution in [0.1, 0.15) is 60.0 Å². The minimum atomic E-state index is -4.43. The van der Waals surface area contributed by atoms with Gasteiger partial charge in [0.25, 0.3) is 5.91 Å². The third-order valence-corrected chi connectivity index (χ3v) is 6.71. The monoisotopic (exact) mass is 452 g/mol. The van der Waals surface area contributed by atoms with Crippen LogP contribution in [0, 0.1) is 0 Å². The summed E-state index contributed by atoms with van der Waals surface area (Å²) in [5, 5.41) is 2.29. The van der Waals surface area contributed by atoms with Crippen LogP contribution >= 0.6 is 0 Å². The molecule has 174 valence electrons. The number of nitrogens with one attached hydrogen (secondary N) is 1. The number of fused-ring (bicyclic) bond motifs is 1. The van der Waals surface area contributed by atoms with Crippen LogP contribution in [0.5, 0.6) is 0 Å². The normalized spacial score (nSPS) is 25.6. The molecule has 7 nitrogen and oxygen atoms in total. The number of nitrogens with two attached hydrogens (primary N) is 1. The molecule has 2 saturated heterocycles. The van der Waals surface area contributed by atoms with Crippen molar-refractivity contribution >= 4 is 17.7 Å². The van der Waals surface area contributed by atoms with Gasteiger partial charge in [-0.2, -0.15) is 13.2 Å². The fraction of sp³-hybridized carbons (Fsp3) is 0.591. The van der Waals surface area contributed by atoms with E-state index >= 15 is 0 Å². The first-order valence-electron chi connectivity index (χ1n) is 11.0. The highest BCUT2D eigenvalue weighted by atomic mass is 19.4. The molecule has 3 aliphatic heterocycles. The Kier molecular flexibility index (Phi) is 6.26. The molecule has 3 N–H and O–H groups in total. The van der Waals surface area contributed by atoms with Crippen LogP contribution in [0.3, 0.4) is 0 Å². The Morgan fingerprint density at radius 1 is 1.16 bits per heavy atom. The van der Waals surface area contributed by atoms with Crippen molar-refractivity contribution in [1.82, 2.24) is 15.1 Å². The fourth-order valence-electron chi connectivity index (χ4n) is 5.00. The first-order chi connectivity index (χ1) is 15.1. The predicted octanol–water partition coefficient (Wildman–Crippen LogP) is 2.08. The molecule has 2 fully saturated rings. The van der Waals surface area contributed by atoms with Crippen LogP contribution in [0.2, 0.25) is 0 Å². The van der Waals surface area contributed by atoms with Crippen molar-refractivity contribution < 1.29 is 27.6 Å². The number of likely N-dealkylation sites (tertiary alicyclic amines) is 1. The van der Waals surface area contributed by atoms with Gasteiger partial charge in [0, 0.05) is 31.1 Å². The smallest absolute Gasteiger partial charge is 0.322 e. The Hall–Kier alpha value is -2.46. The standard InChI is InChI=1S/C22H27F3N4O3/c23-22(24,25)17(26)10-15-6-1-2-9-28(15)11-13-4-3-5-14-12-29(21(32)19(13)14)16-7-8-18(30)27-20(16)31/h3-5,15-17H,1-2,6-12,26H2,(H,27,30,31). The molecule has 3 aliphatic rings. The van der Waals surface area contributed by atoms with Crippen molar-refractivity contribution in [3.63, 3.8) is 0 Å². The zero-order chi connectivity index (χ0) is 23.0. The summed E-state index contributed by atoms with van der Waals surface area (Å²) in [5.41, 5.74) is 7.45. The maximum Gasteiger partial charge on any atom is 0.403 e. The summed E-state index contributed by atoms with van der Waals surface area (Å²) in [5.74, 6) is -1.09. The topological polar surface area (TPSA) is 95.7 Å². The van der Waals surface area contributed by atoms with E-state index in [1.165, 1.54) is 4.90 Å². The summed E-state index contributed by atoms with van der Waals surface area (Å²) >= 11 is 0. The van der Waals surface area contributed by atoms with Gasteiger partial charge in [0.15, 0.2) is 0 Å². The second-order valence-corrected chi connectivity index (χ2v) is 8.86.